The molecule has 1 saturated carbocycles. The van der Waals surface area contributed by atoms with E-state index >= 15 is 0 Å². The second-order valence-corrected chi connectivity index (χ2v) is 9.22. The summed E-state index contributed by atoms with van der Waals surface area (Å²) in [5.74, 6) is -2.96. The molecule has 1 fully saturated rings. The lowest BCUT2D eigenvalue weighted by Crippen LogP contribution is -2.53. The number of carbonyl (C=O) groups is 4. The van der Waals surface area contributed by atoms with Crippen molar-refractivity contribution in [2.75, 3.05) is 0 Å². The first-order valence-corrected chi connectivity index (χ1v) is 12.9. The van der Waals surface area contributed by atoms with E-state index in [0.717, 1.165) is 0 Å². The van der Waals surface area contributed by atoms with Gasteiger partial charge in [0.15, 0.2) is 6.10 Å². The SMILES string of the molecule is O=C(OC1CC(OC(=O)c2cccnc2)C(OC(=O)c2cccnc2)C(OC(=O)c2cccnc2)C1)c1cccnc1. The molecule has 0 saturated heterocycles. The zero-order valence-corrected chi connectivity index (χ0v) is 22.0. The van der Waals surface area contributed by atoms with Crippen LogP contribution in [0.15, 0.2) is 98.1 Å². The summed E-state index contributed by atoms with van der Waals surface area (Å²) in [6, 6.07) is 12.3. The quantitative estimate of drug-likeness (QED) is 0.226. The normalized spacial score (nSPS) is 19.6. The van der Waals surface area contributed by atoms with Crippen LogP contribution in [0, 0.1) is 0 Å². The van der Waals surface area contributed by atoms with Gasteiger partial charge in [-0.25, -0.2) is 19.2 Å². The van der Waals surface area contributed by atoms with E-state index in [-0.39, 0.29) is 35.1 Å². The molecule has 42 heavy (non-hydrogen) atoms. The summed E-state index contributed by atoms with van der Waals surface area (Å²) in [5.41, 5.74) is 0.633. The molecule has 2 unspecified atom stereocenters. The molecular formula is C30H24N4O8. The standard InChI is InChI=1S/C30H24N4O8/c35-27(19-5-1-9-31-15-19)39-23-13-24(40-28(36)20-6-2-10-32-16-20)26(42-30(38)22-8-4-12-34-18-22)25(14-23)41-29(37)21-7-3-11-33-17-21/h1-12,15-18,23-26H,13-14H2. The third-order valence-electron chi connectivity index (χ3n) is 6.35. The highest BCUT2D eigenvalue weighted by atomic mass is 16.6. The van der Waals surface area contributed by atoms with Crippen molar-refractivity contribution >= 4 is 23.9 Å². The number of nitrogens with zero attached hydrogens (tertiary/aromatic N) is 4. The van der Waals surface area contributed by atoms with Crippen molar-refractivity contribution in [3.8, 4) is 0 Å². The van der Waals surface area contributed by atoms with Gasteiger partial charge in [0.05, 0.1) is 22.3 Å². The van der Waals surface area contributed by atoms with Crippen LogP contribution in [0.2, 0.25) is 0 Å². The number of aromatic nitrogens is 4. The maximum atomic E-state index is 13.1. The van der Waals surface area contributed by atoms with Gasteiger partial charge in [-0.05, 0) is 48.5 Å². The van der Waals surface area contributed by atoms with E-state index in [2.05, 4.69) is 19.9 Å². The Morgan fingerprint density at radius 1 is 0.500 bits per heavy atom. The number of ether oxygens (including phenoxy) is 4. The Kier molecular flexibility index (Phi) is 8.82. The highest BCUT2D eigenvalue weighted by molar-refractivity contribution is 5.91. The van der Waals surface area contributed by atoms with Gasteiger partial charge in [0.1, 0.15) is 18.3 Å². The van der Waals surface area contributed by atoms with E-state index < -0.39 is 48.3 Å². The van der Waals surface area contributed by atoms with Crippen LogP contribution in [0.3, 0.4) is 0 Å². The third kappa shape index (κ3) is 6.97. The fourth-order valence-corrected chi connectivity index (χ4v) is 4.36. The van der Waals surface area contributed by atoms with E-state index in [0.29, 0.717) is 0 Å². The molecule has 0 aromatic carbocycles. The van der Waals surface area contributed by atoms with Crippen molar-refractivity contribution in [2.45, 2.75) is 37.3 Å². The van der Waals surface area contributed by atoms with Crippen molar-refractivity contribution in [1.82, 2.24) is 19.9 Å². The van der Waals surface area contributed by atoms with Gasteiger partial charge in [0.2, 0.25) is 0 Å². The van der Waals surface area contributed by atoms with Crippen LogP contribution < -0.4 is 0 Å². The molecule has 0 radical (unpaired) electrons. The summed E-state index contributed by atoms with van der Waals surface area (Å²) in [4.78, 5) is 67.9. The van der Waals surface area contributed by atoms with Crippen LogP contribution in [0.4, 0.5) is 0 Å². The lowest BCUT2D eigenvalue weighted by Gasteiger charge is -2.39. The lowest BCUT2D eigenvalue weighted by atomic mass is 9.88. The fraction of sp³-hybridized carbons (Fsp3) is 0.200. The Labute approximate surface area is 239 Å². The molecule has 12 nitrogen and oxygen atoms in total. The molecule has 0 spiro atoms. The number of pyridine rings is 4. The van der Waals surface area contributed by atoms with Crippen LogP contribution in [0.1, 0.15) is 54.3 Å². The largest absolute Gasteiger partial charge is 0.458 e. The van der Waals surface area contributed by atoms with Crippen LogP contribution in [0.25, 0.3) is 0 Å². The van der Waals surface area contributed by atoms with E-state index in [1.54, 1.807) is 24.3 Å². The molecule has 4 aromatic heterocycles. The van der Waals surface area contributed by atoms with E-state index in [1.807, 2.05) is 0 Å². The van der Waals surface area contributed by atoms with Crippen molar-refractivity contribution in [3.05, 3.63) is 120 Å². The molecule has 5 rings (SSSR count). The van der Waals surface area contributed by atoms with Crippen LogP contribution in [-0.4, -0.2) is 68.2 Å². The highest BCUT2D eigenvalue weighted by Crippen LogP contribution is 2.31. The molecule has 12 heteroatoms. The minimum Gasteiger partial charge on any atom is -0.458 e. The predicted molar refractivity (Wildman–Crippen MR) is 143 cm³/mol. The Morgan fingerprint density at radius 2 is 0.833 bits per heavy atom. The minimum atomic E-state index is -1.26. The van der Waals surface area contributed by atoms with Crippen molar-refractivity contribution < 1.29 is 38.1 Å². The van der Waals surface area contributed by atoms with Gasteiger partial charge in [-0.3, -0.25) is 19.9 Å². The molecular weight excluding hydrogens is 544 g/mol. The summed E-state index contributed by atoms with van der Waals surface area (Å²) < 4.78 is 23.1. The van der Waals surface area contributed by atoms with E-state index in [1.165, 1.54) is 73.8 Å². The third-order valence-corrected chi connectivity index (χ3v) is 6.35. The molecule has 4 heterocycles. The monoisotopic (exact) mass is 568 g/mol. The van der Waals surface area contributed by atoms with E-state index in [4.69, 9.17) is 18.9 Å². The maximum absolute atomic E-state index is 13.1. The molecule has 212 valence electrons. The number of hydrogen-bond donors (Lipinski definition) is 0. The second-order valence-electron chi connectivity index (χ2n) is 9.22. The Hall–Kier alpha value is -5.52. The second kappa shape index (κ2) is 13.2. The van der Waals surface area contributed by atoms with Gasteiger partial charge in [0.25, 0.3) is 0 Å². The van der Waals surface area contributed by atoms with Gasteiger partial charge in [0, 0.05) is 62.4 Å². The number of hydrogen-bond acceptors (Lipinski definition) is 12. The first-order chi connectivity index (χ1) is 20.5. The predicted octanol–water partition coefficient (Wildman–Crippen LogP) is 3.26. The van der Waals surface area contributed by atoms with Gasteiger partial charge in [-0.15, -0.1) is 0 Å². The number of carbonyl (C=O) groups excluding carboxylic acids is 4. The van der Waals surface area contributed by atoms with Gasteiger partial charge >= 0.3 is 23.9 Å². The molecule has 1 aliphatic carbocycles. The summed E-state index contributed by atoms with van der Waals surface area (Å²) in [6.45, 7) is 0. The Balaban J connectivity index is 1.45. The molecule has 0 amide bonds. The van der Waals surface area contributed by atoms with Crippen molar-refractivity contribution in [2.24, 2.45) is 0 Å². The Morgan fingerprint density at radius 3 is 1.17 bits per heavy atom. The van der Waals surface area contributed by atoms with Gasteiger partial charge < -0.3 is 18.9 Å². The minimum absolute atomic E-state index is 0.0517. The van der Waals surface area contributed by atoms with Crippen LogP contribution in [0.5, 0.6) is 0 Å². The van der Waals surface area contributed by atoms with Gasteiger partial charge in [-0.1, -0.05) is 0 Å². The smallest absolute Gasteiger partial charge is 0.340 e. The van der Waals surface area contributed by atoms with Crippen LogP contribution in [-0.2, 0) is 18.9 Å². The first kappa shape index (κ1) is 28.0. The van der Waals surface area contributed by atoms with Crippen molar-refractivity contribution in [1.29, 1.82) is 0 Å². The zero-order valence-electron chi connectivity index (χ0n) is 22.0. The first-order valence-electron chi connectivity index (χ1n) is 12.9. The maximum Gasteiger partial charge on any atom is 0.340 e. The highest BCUT2D eigenvalue weighted by Gasteiger charge is 2.46. The molecule has 0 aliphatic heterocycles. The van der Waals surface area contributed by atoms with Crippen LogP contribution >= 0.6 is 0 Å². The summed E-state index contributed by atoms with van der Waals surface area (Å²) in [5, 5.41) is 0. The summed E-state index contributed by atoms with van der Waals surface area (Å²) >= 11 is 0. The molecule has 0 bridgehead atoms. The number of rotatable bonds is 8. The zero-order chi connectivity index (χ0) is 29.3. The summed E-state index contributed by atoms with van der Waals surface area (Å²) in [6.07, 6.45) is 6.72. The number of esters is 4. The van der Waals surface area contributed by atoms with Gasteiger partial charge in [-0.2, -0.15) is 0 Å². The summed E-state index contributed by atoms with van der Waals surface area (Å²) in [7, 11) is 0. The molecule has 0 N–H and O–H groups in total. The van der Waals surface area contributed by atoms with Crippen molar-refractivity contribution in [3.63, 3.8) is 0 Å². The molecule has 2 atom stereocenters. The average molecular weight is 569 g/mol. The molecule has 4 aromatic rings. The average Bonchev–Trinajstić information content (AvgIpc) is 3.04. The molecule has 1 aliphatic rings. The topological polar surface area (TPSA) is 157 Å². The Bertz CT molecular complexity index is 1460. The lowest BCUT2D eigenvalue weighted by molar-refractivity contribution is -0.131. The van der Waals surface area contributed by atoms with E-state index in [9.17, 15) is 19.2 Å². The fourth-order valence-electron chi connectivity index (χ4n) is 4.36.